The zero-order valence-electron chi connectivity index (χ0n) is 13.3. The molecule has 3 rings (SSSR count). The van der Waals surface area contributed by atoms with Crippen molar-refractivity contribution >= 4 is 11.9 Å². The van der Waals surface area contributed by atoms with Gasteiger partial charge in [-0.3, -0.25) is 9.59 Å². The molecule has 23 heavy (non-hydrogen) atoms. The maximum Gasteiger partial charge on any atom is 0.310 e. The van der Waals surface area contributed by atoms with E-state index in [1.807, 2.05) is 0 Å². The third-order valence-electron chi connectivity index (χ3n) is 4.76. The van der Waals surface area contributed by atoms with Gasteiger partial charge < -0.3 is 9.64 Å². The second-order valence-electron chi connectivity index (χ2n) is 6.38. The number of esters is 1. The molecule has 1 aromatic carbocycles. The maximum atomic E-state index is 13.0. The number of amides is 1. The second kappa shape index (κ2) is 6.69. The van der Waals surface area contributed by atoms with Gasteiger partial charge in [-0.05, 0) is 49.8 Å². The summed E-state index contributed by atoms with van der Waals surface area (Å²) >= 11 is 0. The van der Waals surface area contributed by atoms with Crippen LogP contribution in [0.25, 0.3) is 0 Å². The van der Waals surface area contributed by atoms with Crippen molar-refractivity contribution in [3.8, 4) is 0 Å². The maximum absolute atomic E-state index is 13.0. The van der Waals surface area contributed by atoms with Gasteiger partial charge in [0.25, 0.3) is 0 Å². The van der Waals surface area contributed by atoms with Crippen molar-refractivity contribution in [1.82, 2.24) is 4.90 Å². The zero-order chi connectivity index (χ0) is 16.4. The highest BCUT2D eigenvalue weighted by Crippen LogP contribution is 2.48. The monoisotopic (exact) mass is 319 g/mol. The molecule has 1 aliphatic heterocycles. The lowest BCUT2D eigenvalue weighted by atomic mass is 9.97. The van der Waals surface area contributed by atoms with E-state index in [-0.39, 0.29) is 35.4 Å². The lowest BCUT2D eigenvalue weighted by Gasteiger charge is -2.31. The van der Waals surface area contributed by atoms with E-state index in [0.29, 0.717) is 19.7 Å². The Balaban J connectivity index is 1.58. The van der Waals surface area contributed by atoms with E-state index < -0.39 is 0 Å². The van der Waals surface area contributed by atoms with Crippen molar-refractivity contribution in [2.45, 2.75) is 32.1 Å². The molecular weight excluding hydrogens is 297 g/mol. The Kier molecular flexibility index (Phi) is 4.64. The minimum Gasteiger partial charge on any atom is -0.466 e. The molecule has 1 aliphatic carbocycles. The molecule has 0 spiro atoms. The van der Waals surface area contributed by atoms with Crippen molar-refractivity contribution in [3.05, 3.63) is 35.6 Å². The van der Waals surface area contributed by atoms with E-state index in [9.17, 15) is 14.0 Å². The number of ether oxygens (including phenoxy) is 1. The van der Waals surface area contributed by atoms with Crippen LogP contribution in [-0.2, 0) is 14.3 Å². The molecule has 3 atom stereocenters. The molecule has 0 N–H and O–H groups in total. The topological polar surface area (TPSA) is 46.6 Å². The normalized spacial score (nSPS) is 26.7. The van der Waals surface area contributed by atoms with Gasteiger partial charge in [0.05, 0.1) is 12.5 Å². The fourth-order valence-electron chi connectivity index (χ4n) is 3.41. The molecule has 1 saturated carbocycles. The van der Waals surface area contributed by atoms with Crippen LogP contribution in [0.3, 0.4) is 0 Å². The zero-order valence-corrected chi connectivity index (χ0v) is 13.3. The number of carbonyl (C=O) groups is 2. The molecule has 4 nitrogen and oxygen atoms in total. The molecule has 2 aliphatic rings. The minimum absolute atomic E-state index is 0.0265. The van der Waals surface area contributed by atoms with Crippen LogP contribution in [0, 0.1) is 17.7 Å². The molecular formula is C18H22FNO3. The Bertz CT molecular complexity index is 586. The molecule has 3 unspecified atom stereocenters. The van der Waals surface area contributed by atoms with Crippen LogP contribution in [0.15, 0.2) is 24.3 Å². The first-order valence-electron chi connectivity index (χ1n) is 8.31. The second-order valence-corrected chi connectivity index (χ2v) is 6.38. The standard InChI is InChI=1S/C18H22FNO3/c1-2-23-18(22)13-4-3-9-20(11-13)17(21)16-10-15(16)12-5-7-14(19)8-6-12/h5-8,13,15-16H,2-4,9-11H2,1H3. The number of rotatable bonds is 4. The number of nitrogens with zero attached hydrogens (tertiary/aromatic N) is 1. The highest BCUT2D eigenvalue weighted by molar-refractivity contribution is 5.84. The van der Waals surface area contributed by atoms with E-state index in [2.05, 4.69) is 0 Å². The Morgan fingerprint density at radius 2 is 2.04 bits per heavy atom. The molecule has 1 amide bonds. The molecule has 0 aromatic heterocycles. The summed E-state index contributed by atoms with van der Waals surface area (Å²) in [5.41, 5.74) is 1.02. The molecule has 0 bridgehead atoms. The summed E-state index contributed by atoms with van der Waals surface area (Å²) in [7, 11) is 0. The minimum atomic E-state index is -0.259. The SMILES string of the molecule is CCOC(=O)C1CCCN(C(=O)C2CC2c2ccc(F)cc2)C1. The summed E-state index contributed by atoms with van der Waals surface area (Å²) in [6, 6.07) is 6.38. The van der Waals surface area contributed by atoms with Crippen LogP contribution < -0.4 is 0 Å². The van der Waals surface area contributed by atoms with Gasteiger partial charge in [-0.2, -0.15) is 0 Å². The first kappa shape index (κ1) is 16.0. The lowest BCUT2D eigenvalue weighted by Crippen LogP contribution is -2.43. The van der Waals surface area contributed by atoms with Crippen LogP contribution >= 0.6 is 0 Å². The molecule has 124 valence electrons. The number of benzene rings is 1. The van der Waals surface area contributed by atoms with Crippen molar-refractivity contribution in [2.75, 3.05) is 19.7 Å². The number of halogens is 1. The van der Waals surface area contributed by atoms with E-state index in [0.717, 1.165) is 24.8 Å². The lowest BCUT2D eigenvalue weighted by molar-refractivity contribution is -0.151. The Morgan fingerprint density at radius 3 is 2.74 bits per heavy atom. The molecule has 0 radical (unpaired) electrons. The number of likely N-dealkylation sites (tertiary alicyclic amines) is 1. The number of hydrogen-bond acceptors (Lipinski definition) is 3. The van der Waals surface area contributed by atoms with Gasteiger partial charge in [-0.15, -0.1) is 0 Å². The predicted octanol–water partition coefficient (Wildman–Crippen LogP) is 2.73. The van der Waals surface area contributed by atoms with Crippen LogP contribution in [0.2, 0.25) is 0 Å². The summed E-state index contributed by atoms with van der Waals surface area (Å²) in [6.07, 6.45) is 2.43. The smallest absolute Gasteiger partial charge is 0.310 e. The summed E-state index contributed by atoms with van der Waals surface area (Å²) < 4.78 is 18.1. The first-order valence-corrected chi connectivity index (χ1v) is 8.31. The average molecular weight is 319 g/mol. The third-order valence-corrected chi connectivity index (χ3v) is 4.76. The molecule has 1 saturated heterocycles. The van der Waals surface area contributed by atoms with Gasteiger partial charge >= 0.3 is 5.97 Å². The Morgan fingerprint density at radius 1 is 1.30 bits per heavy atom. The fraction of sp³-hybridized carbons (Fsp3) is 0.556. The molecule has 2 fully saturated rings. The first-order chi connectivity index (χ1) is 11.1. The van der Waals surface area contributed by atoms with Gasteiger partial charge in [-0.25, -0.2) is 4.39 Å². The van der Waals surface area contributed by atoms with Crippen LogP contribution in [-0.4, -0.2) is 36.5 Å². The van der Waals surface area contributed by atoms with E-state index in [1.165, 1.54) is 12.1 Å². The summed E-state index contributed by atoms with van der Waals surface area (Å²) in [5, 5.41) is 0. The van der Waals surface area contributed by atoms with E-state index >= 15 is 0 Å². The largest absolute Gasteiger partial charge is 0.466 e. The summed E-state index contributed by atoms with van der Waals surface area (Å²) in [4.78, 5) is 26.3. The number of carbonyl (C=O) groups excluding carboxylic acids is 2. The van der Waals surface area contributed by atoms with Gasteiger partial charge in [0, 0.05) is 19.0 Å². The Hall–Kier alpha value is -1.91. The van der Waals surface area contributed by atoms with Gasteiger partial charge in [0.15, 0.2) is 0 Å². The van der Waals surface area contributed by atoms with Crippen molar-refractivity contribution in [3.63, 3.8) is 0 Å². The third kappa shape index (κ3) is 3.54. The fourth-order valence-corrected chi connectivity index (χ4v) is 3.41. The van der Waals surface area contributed by atoms with Crippen molar-refractivity contribution < 1.29 is 18.7 Å². The van der Waals surface area contributed by atoms with Gasteiger partial charge in [-0.1, -0.05) is 12.1 Å². The predicted molar refractivity (Wildman–Crippen MR) is 83.2 cm³/mol. The van der Waals surface area contributed by atoms with Crippen molar-refractivity contribution in [1.29, 1.82) is 0 Å². The molecule has 5 heteroatoms. The number of hydrogen-bond donors (Lipinski definition) is 0. The average Bonchev–Trinajstić information content (AvgIpc) is 3.36. The van der Waals surface area contributed by atoms with Crippen LogP contribution in [0.1, 0.15) is 37.7 Å². The summed E-state index contributed by atoms with van der Waals surface area (Å²) in [6.45, 7) is 3.34. The highest BCUT2D eigenvalue weighted by Gasteiger charge is 2.46. The Labute approximate surface area is 135 Å². The molecule has 1 aromatic rings. The van der Waals surface area contributed by atoms with Gasteiger partial charge in [0.1, 0.15) is 5.82 Å². The van der Waals surface area contributed by atoms with Gasteiger partial charge in [0.2, 0.25) is 5.91 Å². The van der Waals surface area contributed by atoms with Crippen LogP contribution in [0.4, 0.5) is 4.39 Å². The number of piperidine rings is 1. The molecule has 1 heterocycles. The summed E-state index contributed by atoms with van der Waals surface area (Å²) in [5.74, 6) is -0.377. The van der Waals surface area contributed by atoms with E-state index in [4.69, 9.17) is 4.74 Å². The quantitative estimate of drug-likeness (QED) is 0.802. The highest BCUT2D eigenvalue weighted by atomic mass is 19.1. The van der Waals surface area contributed by atoms with Crippen LogP contribution in [0.5, 0.6) is 0 Å². The van der Waals surface area contributed by atoms with E-state index in [1.54, 1.807) is 24.0 Å². The van der Waals surface area contributed by atoms with Crippen molar-refractivity contribution in [2.24, 2.45) is 11.8 Å².